The number of ether oxygens (including phenoxy) is 1. The van der Waals surface area contributed by atoms with Crippen LogP contribution in [0.4, 0.5) is 0 Å². The zero-order chi connectivity index (χ0) is 14.3. The lowest BCUT2D eigenvalue weighted by Gasteiger charge is -2.23. The third kappa shape index (κ3) is 4.33. The van der Waals surface area contributed by atoms with Gasteiger partial charge in [0.1, 0.15) is 12.4 Å². The van der Waals surface area contributed by atoms with E-state index in [9.17, 15) is 0 Å². The second-order valence-corrected chi connectivity index (χ2v) is 5.77. The quantitative estimate of drug-likeness (QED) is 0.896. The SMILES string of the molecule is c1ccc(COc2ccc(CC3CCCCN3)cc2)cc1. The number of nitrogens with one attached hydrogen (secondary N) is 1. The first-order valence-electron chi connectivity index (χ1n) is 7.89. The molecule has 0 radical (unpaired) electrons. The van der Waals surface area contributed by atoms with Crippen molar-refractivity contribution in [3.05, 3.63) is 65.7 Å². The van der Waals surface area contributed by atoms with Gasteiger partial charge in [-0.2, -0.15) is 0 Å². The first kappa shape index (κ1) is 14.2. The van der Waals surface area contributed by atoms with E-state index in [0.717, 1.165) is 12.2 Å². The Morgan fingerprint density at radius 2 is 1.71 bits per heavy atom. The Hall–Kier alpha value is -1.80. The van der Waals surface area contributed by atoms with Gasteiger partial charge in [-0.1, -0.05) is 48.9 Å². The van der Waals surface area contributed by atoms with Crippen LogP contribution in [-0.2, 0) is 13.0 Å². The Morgan fingerprint density at radius 3 is 2.43 bits per heavy atom. The van der Waals surface area contributed by atoms with Crippen LogP contribution in [0.5, 0.6) is 5.75 Å². The molecule has 0 saturated carbocycles. The van der Waals surface area contributed by atoms with Crippen LogP contribution in [0.3, 0.4) is 0 Å². The van der Waals surface area contributed by atoms with Crippen molar-refractivity contribution in [2.75, 3.05) is 6.54 Å². The van der Waals surface area contributed by atoms with Crippen LogP contribution >= 0.6 is 0 Å². The van der Waals surface area contributed by atoms with Gasteiger partial charge in [0.15, 0.2) is 0 Å². The standard InChI is InChI=1S/C19H23NO/c1-2-6-17(7-3-1)15-21-19-11-9-16(10-12-19)14-18-8-4-5-13-20-18/h1-3,6-7,9-12,18,20H,4-5,8,13-15H2. The average Bonchev–Trinajstić information content (AvgIpc) is 2.56. The molecule has 0 amide bonds. The van der Waals surface area contributed by atoms with Gasteiger partial charge in [-0.05, 0) is 49.1 Å². The predicted octanol–water partition coefficient (Wildman–Crippen LogP) is 3.95. The Morgan fingerprint density at radius 1 is 0.905 bits per heavy atom. The van der Waals surface area contributed by atoms with Gasteiger partial charge in [0.2, 0.25) is 0 Å². The van der Waals surface area contributed by atoms with Gasteiger partial charge in [-0.3, -0.25) is 0 Å². The van der Waals surface area contributed by atoms with E-state index in [0.29, 0.717) is 12.6 Å². The minimum absolute atomic E-state index is 0.629. The third-order valence-electron chi connectivity index (χ3n) is 4.07. The molecule has 1 unspecified atom stereocenters. The Kier molecular flexibility index (Phi) is 4.90. The summed E-state index contributed by atoms with van der Waals surface area (Å²) < 4.78 is 5.82. The fraction of sp³-hybridized carbons (Fsp3) is 0.368. The van der Waals surface area contributed by atoms with Gasteiger partial charge in [-0.15, -0.1) is 0 Å². The molecule has 2 aromatic carbocycles. The van der Waals surface area contributed by atoms with Crippen molar-refractivity contribution >= 4 is 0 Å². The van der Waals surface area contributed by atoms with Crippen LogP contribution < -0.4 is 10.1 Å². The molecule has 1 N–H and O–H groups in total. The van der Waals surface area contributed by atoms with E-state index < -0.39 is 0 Å². The first-order valence-corrected chi connectivity index (χ1v) is 7.89. The van der Waals surface area contributed by atoms with E-state index >= 15 is 0 Å². The lowest BCUT2D eigenvalue weighted by molar-refractivity contribution is 0.306. The predicted molar refractivity (Wildman–Crippen MR) is 86.6 cm³/mol. The van der Waals surface area contributed by atoms with Gasteiger partial charge >= 0.3 is 0 Å². The summed E-state index contributed by atoms with van der Waals surface area (Å²) in [4.78, 5) is 0. The largest absolute Gasteiger partial charge is 0.489 e. The summed E-state index contributed by atoms with van der Waals surface area (Å²) in [5.41, 5.74) is 2.59. The van der Waals surface area contributed by atoms with Crippen molar-refractivity contribution in [3.8, 4) is 5.75 Å². The highest BCUT2D eigenvalue weighted by Gasteiger charge is 2.12. The average molecular weight is 281 g/mol. The minimum Gasteiger partial charge on any atom is -0.489 e. The van der Waals surface area contributed by atoms with Gasteiger partial charge < -0.3 is 10.1 Å². The molecular formula is C19H23NO. The highest BCUT2D eigenvalue weighted by Crippen LogP contribution is 2.17. The van der Waals surface area contributed by atoms with Crippen molar-refractivity contribution < 1.29 is 4.74 Å². The van der Waals surface area contributed by atoms with Crippen LogP contribution in [0.15, 0.2) is 54.6 Å². The summed E-state index contributed by atoms with van der Waals surface area (Å²) in [6, 6.07) is 19.5. The Labute approximate surface area is 127 Å². The number of rotatable bonds is 5. The molecule has 1 heterocycles. The van der Waals surface area contributed by atoms with Crippen molar-refractivity contribution in [2.45, 2.75) is 38.3 Å². The maximum absolute atomic E-state index is 5.82. The number of hydrogen-bond acceptors (Lipinski definition) is 2. The van der Waals surface area contributed by atoms with Crippen LogP contribution in [0.1, 0.15) is 30.4 Å². The van der Waals surface area contributed by atoms with Gasteiger partial charge in [0, 0.05) is 6.04 Å². The summed E-state index contributed by atoms with van der Waals surface area (Å²) in [5, 5.41) is 3.60. The highest BCUT2D eigenvalue weighted by atomic mass is 16.5. The van der Waals surface area contributed by atoms with E-state index in [1.54, 1.807) is 0 Å². The molecule has 2 heteroatoms. The van der Waals surface area contributed by atoms with Crippen molar-refractivity contribution in [3.63, 3.8) is 0 Å². The molecule has 2 aromatic rings. The molecule has 1 aliphatic rings. The summed E-state index contributed by atoms with van der Waals surface area (Å²) in [6.07, 6.45) is 5.10. The maximum atomic E-state index is 5.82. The molecule has 1 aliphatic heterocycles. The molecule has 110 valence electrons. The number of piperidine rings is 1. The zero-order valence-corrected chi connectivity index (χ0v) is 12.4. The van der Waals surface area contributed by atoms with Crippen LogP contribution in [0.25, 0.3) is 0 Å². The van der Waals surface area contributed by atoms with Gasteiger partial charge in [0.05, 0.1) is 0 Å². The molecule has 1 atom stereocenters. The summed E-state index contributed by atoms with van der Waals surface area (Å²) >= 11 is 0. The molecule has 0 aromatic heterocycles. The lowest BCUT2D eigenvalue weighted by atomic mass is 9.98. The Bertz CT molecular complexity index is 529. The summed E-state index contributed by atoms with van der Waals surface area (Å²) in [5.74, 6) is 0.944. The summed E-state index contributed by atoms with van der Waals surface area (Å²) in [6.45, 7) is 1.80. The first-order chi connectivity index (χ1) is 10.4. The number of benzene rings is 2. The van der Waals surface area contributed by atoms with Gasteiger partial charge in [0.25, 0.3) is 0 Å². The van der Waals surface area contributed by atoms with E-state index in [2.05, 4.69) is 41.7 Å². The maximum Gasteiger partial charge on any atom is 0.119 e. The fourth-order valence-corrected chi connectivity index (χ4v) is 2.85. The van der Waals surface area contributed by atoms with E-state index in [1.165, 1.54) is 36.9 Å². The number of hydrogen-bond donors (Lipinski definition) is 1. The van der Waals surface area contributed by atoms with E-state index in [4.69, 9.17) is 4.74 Å². The summed E-state index contributed by atoms with van der Waals surface area (Å²) in [7, 11) is 0. The minimum atomic E-state index is 0.629. The lowest BCUT2D eigenvalue weighted by Crippen LogP contribution is -2.35. The second-order valence-electron chi connectivity index (χ2n) is 5.77. The molecule has 1 saturated heterocycles. The monoisotopic (exact) mass is 281 g/mol. The van der Waals surface area contributed by atoms with Crippen molar-refractivity contribution in [1.82, 2.24) is 5.32 Å². The van der Waals surface area contributed by atoms with E-state index in [-0.39, 0.29) is 0 Å². The molecule has 0 aliphatic carbocycles. The zero-order valence-electron chi connectivity index (χ0n) is 12.4. The smallest absolute Gasteiger partial charge is 0.119 e. The highest BCUT2D eigenvalue weighted by molar-refractivity contribution is 5.28. The molecule has 0 bridgehead atoms. The van der Waals surface area contributed by atoms with E-state index in [1.807, 2.05) is 18.2 Å². The topological polar surface area (TPSA) is 21.3 Å². The van der Waals surface area contributed by atoms with Crippen LogP contribution in [0, 0.1) is 0 Å². The molecule has 2 nitrogen and oxygen atoms in total. The normalized spacial score (nSPS) is 18.4. The molecule has 3 rings (SSSR count). The van der Waals surface area contributed by atoms with Crippen molar-refractivity contribution in [1.29, 1.82) is 0 Å². The second kappa shape index (κ2) is 7.28. The van der Waals surface area contributed by atoms with Crippen LogP contribution in [-0.4, -0.2) is 12.6 Å². The molecule has 1 fully saturated rings. The molecular weight excluding hydrogens is 258 g/mol. The van der Waals surface area contributed by atoms with Gasteiger partial charge in [-0.25, -0.2) is 0 Å². The van der Waals surface area contributed by atoms with Crippen LogP contribution in [0.2, 0.25) is 0 Å². The Balaban J connectivity index is 1.51. The molecule has 0 spiro atoms. The van der Waals surface area contributed by atoms with Crippen molar-refractivity contribution in [2.24, 2.45) is 0 Å². The third-order valence-corrected chi connectivity index (χ3v) is 4.07. The molecule has 21 heavy (non-hydrogen) atoms. The fourth-order valence-electron chi connectivity index (χ4n) is 2.85.